The van der Waals surface area contributed by atoms with Crippen molar-refractivity contribution in [3.63, 3.8) is 0 Å². The van der Waals surface area contributed by atoms with Crippen molar-refractivity contribution in [3.8, 4) is 28.4 Å². The fourth-order valence-corrected chi connectivity index (χ4v) is 6.46. The number of carbonyl (C=O) groups is 2. The van der Waals surface area contributed by atoms with Gasteiger partial charge in [-0.2, -0.15) is 5.10 Å². The molecule has 5 aromatic rings. The monoisotopic (exact) mass is 641 g/mol. The van der Waals surface area contributed by atoms with E-state index < -0.39 is 0 Å². The minimum atomic E-state index is -0.162. The molecular formula is C34H32ClN5O4S. The first-order valence-electron chi connectivity index (χ1n) is 14.6. The SMILES string of the molecule is COc1ccc(CN(Cc2cn(-c3ccc(N4CCCCC4=O)cc3)nc2-c2cccnc2)C(=O)c2ccc(Cl)s2)c(OC)c1. The average Bonchev–Trinajstić information content (AvgIpc) is 3.71. The quantitative estimate of drug-likeness (QED) is 0.163. The molecule has 0 N–H and O–H groups in total. The molecule has 11 heteroatoms. The third kappa shape index (κ3) is 6.72. The van der Waals surface area contributed by atoms with Crippen molar-refractivity contribution < 1.29 is 19.1 Å². The number of nitrogens with zero attached hydrogens (tertiary/aromatic N) is 5. The smallest absolute Gasteiger partial charge is 0.264 e. The van der Waals surface area contributed by atoms with E-state index in [0.29, 0.717) is 32.8 Å². The predicted molar refractivity (Wildman–Crippen MR) is 175 cm³/mol. The maximum Gasteiger partial charge on any atom is 0.264 e. The van der Waals surface area contributed by atoms with E-state index in [4.69, 9.17) is 26.2 Å². The lowest BCUT2D eigenvalue weighted by Crippen LogP contribution is -2.35. The van der Waals surface area contributed by atoms with Gasteiger partial charge in [0.2, 0.25) is 5.91 Å². The van der Waals surface area contributed by atoms with Crippen molar-refractivity contribution in [3.05, 3.63) is 106 Å². The van der Waals surface area contributed by atoms with Crippen LogP contribution in [0.3, 0.4) is 0 Å². The lowest BCUT2D eigenvalue weighted by Gasteiger charge is -2.26. The van der Waals surface area contributed by atoms with Crippen molar-refractivity contribution in [2.45, 2.75) is 32.4 Å². The molecule has 2 aromatic carbocycles. The molecule has 6 rings (SSSR count). The number of benzene rings is 2. The van der Waals surface area contributed by atoms with Gasteiger partial charge in [0.15, 0.2) is 0 Å². The minimum Gasteiger partial charge on any atom is -0.497 e. The van der Waals surface area contributed by atoms with Crippen molar-refractivity contribution in [1.29, 1.82) is 0 Å². The molecule has 0 spiro atoms. The number of anilines is 1. The number of rotatable bonds is 10. The van der Waals surface area contributed by atoms with Gasteiger partial charge >= 0.3 is 0 Å². The van der Waals surface area contributed by atoms with Crippen LogP contribution >= 0.6 is 22.9 Å². The summed E-state index contributed by atoms with van der Waals surface area (Å²) in [6.07, 6.45) is 7.93. The van der Waals surface area contributed by atoms with Crippen molar-refractivity contribution in [2.24, 2.45) is 0 Å². The predicted octanol–water partition coefficient (Wildman–Crippen LogP) is 7.03. The van der Waals surface area contributed by atoms with Crippen LogP contribution in [0.25, 0.3) is 16.9 Å². The second-order valence-corrected chi connectivity index (χ2v) is 12.4. The molecule has 1 fully saturated rings. The fraction of sp³-hybridized carbons (Fsp3) is 0.235. The highest BCUT2D eigenvalue weighted by Crippen LogP contribution is 2.31. The summed E-state index contributed by atoms with van der Waals surface area (Å²) < 4.78 is 13.4. The van der Waals surface area contributed by atoms with Crippen LogP contribution in [-0.4, -0.2) is 52.2 Å². The van der Waals surface area contributed by atoms with Crippen molar-refractivity contribution in [1.82, 2.24) is 19.7 Å². The standard InChI is InChI=1S/C34H32ClN5O4S/c1-43-28-13-8-24(29(18-28)44-2)20-38(34(42)30-14-15-31(35)45-30)21-25-22-40(37-33(25)23-6-5-16-36-19-23)27-11-9-26(10-12-27)39-17-4-3-7-32(39)41/h5-6,8-16,18-19,22H,3-4,7,17,20-21H2,1-2H3. The zero-order chi connectivity index (χ0) is 31.3. The number of amides is 2. The molecule has 4 heterocycles. The number of piperidine rings is 1. The molecule has 230 valence electrons. The second kappa shape index (κ2) is 13.5. The molecule has 0 unspecified atom stereocenters. The Kier molecular flexibility index (Phi) is 9.13. The fourth-order valence-electron chi connectivity index (χ4n) is 5.45. The molecule has 1 aliphatic heterocycles. The van der Waals surface area contributed by atoms with E-state index in [1.165, 1.54) is 11.3 Å². The summed E-state index contributed by atoms with van der Waals surface area (Å²) in [5.41, 5.74) is 4.91. The molecule has 2 amide bonds. The highest BCUT2D eigenvalue weighted by molar-refractivity contribution is 7.17. The Balaban J connectivity index is 1.37. The van der Waals surface area contributed by atoms with E-state index in [2.05, 4.69) is 4.98 Å². The lowest BCUT2D eigenvalue weighted by atomic mass is 10.1. The molecule has 9 nitrogen and oxygen atoms in total. The van der Waals surface area contributed by atoms with Crippen LogP contribution in [0.4, 0.5) is 5.69 Å². The lowest BCUT2D eigenvalue weighted by molar-refractivity contribution is -0.119. The van der Waals surface area contributed by atoms with E-state index in [1.54, 1.807) is 54.4 Å². The molecule has 0 aliphatic carbocycles. The summed E-state index contributed by atoms with van der Waals surface area (Å²) in [6, 6.07) is 20.7. The largest absolute Gasteiger partial charge is 0.497 e. The van der Waals surface area contributed by atoms with Crippen LogP contribution in [0.2, 0.25) is 4.34 Å². The number of carbonyl (C=O) groups excluding carboxylic acids is 2. The van der Waals surface area contributed by atoms with Crippen molar-refractivity contribution >= 4 is 40.4 Å². The Hall–Kier alpha value is -4.67. The summed E-state index contributed by atoms with van der Waals surface area (Å²) in [7, 11) is 3.20. The Labute approximate surface area is 270 Å². The first-order chi connectivity index (χ1) is 21.9. The van der Waals surface area contributed by atoms with Gasteiger partial charge in [-0.1, -0.05) is 11.6 Å². The van der Waals surface area contributed by atoms with Crippen LogP contribution in [0.1, 0.15) is 40.1 Å². The normalized spacial score (nSPS) is 13.1. The van der Waals surface area contributed by atoms with Crippen LogP contribution in [-0.2, 0) is 17.9 Å². The van der Waals surface area contributed by atoms with Gasteiger partial charge in [-0.05, 0) is 73.5 Å². The summed E-state index contributed by atoms with van der Waals surface area (Å²) in [5.74, 6) is 1.27. The molecule has 1 aliphatic rings. The topological polar surface area (TPSA) is 89.8 Å². The third-order valence-electron chi connectivity index (χ3n) is 7.76. The number of halogens is 1. The number of ether oxygens (including phenoxy) is 2. The van der Waals surface area contributed by atoms with Crippen LogP contribution in [0.15, 0.2) is 85.3 Å². The van der Waals surface area contributed by atoms with E-state index in [9.17, 15) is 9.59 Å². The van der Waals surface area contributed by atoms with Gasteiger partial charge < -0.3 is 19.3 Å². The molecule has 0 bridgehead atoms. The Morgan fingerprint density at radius 1 is 0.978 bits per heavy atom. The summed E-state index contributed by atoms with van der Waals surface area (Å²) >= 11 is 7.47. The summed E-state index contributed by atoms with van der Waals surface area (Å²) in [6.45, 7) is 1.26. The highest BCUT2D eigenvalue weighted by atomic mass is 35.5. The Bertz CT molecular complexity index is 1810. The number of hydrogen-bond donors (Lipinski definition) is 0. The summed E-state index contributed by atoms with van der Waals surface area (Å²) in [5, 5.41) is 4.96. The van der Waals surface area contributed by atoms with Gasteiger partial charge in [0, 0.05) is 60.0 Å². The first-order valence-corrected chi connectivity index (χ1v) is 15.8. The summed E-state index contributed by atoms with van der Waals surface area (Å²) in [4.78, 5) is 34.9. The number of aromatic nitrogens is 3. The molecule has 0 saturated carbocycles. The average molecular weight is 642 g/mol. The minimum absolute atomic E-state index is 0.152. The van der Waals surface area contributed by atoms with Gasteiger partial charge in [0.05, 0.1) is 47.9 Å². The number of hydrogen-bond acceptors (Lipinski definition) is 7. The number of methoxy groups -OCH3 is 2. The molecule has 1 saturated heterocycles. The van der Waals surface area contributed by atoms with Crippen LogP contribution < -0.4 is 14.4 Å². The van der Waals surface area contributed by atoms with Gasteiger partial charge in [-0.3, -0.25) is 14.6 Å². The molecule has 0 atom stereocenters. The zero-order valence-electron chi connectivity index (χ0n) is 25.0. The number of pyridine rings is 1. The molecule has 45 heavy (non-hydrogen) atoms. The Morgan fingerprint density at radius 3 is 2.47 bits per heavy atom. The Morgan fingerprint density at radius 2 is 1.78 bits per heavy atom. The van der Waals surface area contributed by atoms with E-state index in [1.807, 2.05) is 59.6 Å². The number of thiophene rings is 1. The zero-order valence-corrected chi connectivity index (χ0v) is 26.6. The van der Waals surface area contributed by atoms with Crippen molar-refractivity contribution in [2.75, 3.05) is 25.7 Å². The molecule has 3 aromatic heterocycles. The molecule has 0 radical (unpaired) electrons. The third-order valence-corrected chi connectivity index (χ3v) is 8.98. The maximum absolute atomic E-state index is 14.0. The van der Waals surface area contributed by atoms with E-state index in [-0.39, 0.29) is 24.9 Å². The van der Waals surface area contributed by atoms with Gasteiger partial charge in [0.25, 0.3) is 5.91 Å². The van der Waals surface area contributed by atoms with Gasteiger partial charge in [0.1, 0.15) is 11.5 Å². The van der Waals surface area contributed by atoms with Gasteiger partial charge in [-0.25, -0.2) is 4.68 Å². The van der Waals surface area contributed by atoms with Crippen LogP contribution in [0, 0.1) is 0 Å². The second-order valence-electron chi connectivity index (χ2n) is 10.7. The first kappa shape index (κ1) is 30.4. The molecular weight excluding hydrogens is 610 g/mol. The van der Waals surface area contributed by atoms with E-state index >= 15 is 0 Å². The van der Waals surface area contributed by atoms with Gasteiger partial charge in [-0.15, -0.1) is 11.3 Å². The van der Waals surface area contributed by atoms with E-state index in [0.717, 1.165) is 47.5 Å². The highest BCUT2D eigenvalue weighted by Gasteiger charge is 2.24. The van der Waals surface area contributed by atoms with Crippen LogP contribution in [0.5, 0.6) is 11.5 Å². The maximum atomic E-state index is 14.0.